The number of carbonyl (C=O) groups is 2. The topological polar surface area (TPSA) is 43.4 Å². The second-order valence-corrected chi connectivity index (χ2v) is 4.70. The Kier molecular flexibility index (Phi) is 5.65. The van der Waals surface area contributed by atoms with Crippen LogP contribution in [-0.4, -0.2) is 24.7 Å². The predicted molar refractivity (Wildman–Crippen MR) is 69.3 cm³/mol. The lowest BCUT2D eigenvalue weighted by atomic mass is 10.0. The third-order valence-electron chi connectivity index (χ3n) is 2.27. The minimum absolute atomic E-state index is 0.0201. The average Bonchev–Trinajstić information content (AvgIpc) is 2.32. The van der Waals surface area contributed by atoms with Gasteiger partial charge in [0.2, 0.25) is 0 Å². The van der Waals surface area contributed by atoms with Gasteiger partial charge in [0.15, 0.2) is 5.78 Å². The van der Waals surface area contributed by atoms with Crippen molar-refractivity contribution in [1.29, 1.82) is 0 Å². The van der Waals surface area contributed by atoms with Gasteiger partial charge in [-0.15, -0.1) is 11.6 Å². The molecule has 0 N–H and O–H groups in total. The molecule has 0 heterocycles. The second kappa shape index (κ2) is 6.77. The maximum absolute atomic E-state index is 11.3. The van der Waals surface area contributed by atoms with Gasteiger partial charge in [0.1, 0.15) is 0 Å². The van der Waals surface area contributed by atoms with Gasteiger partial charge in [0.25, 0.3) is 0 Å². The maximum Gasteiger partial charge on any atom is 0.309 e. The Balaban J connectivity index is 2.95. The van der Waals surface area contributed by atoms with E-state index in [4.69, 9.17) is 11.6 Å². The molecule has 0 radical (unpaired) electrons. The molecule has 1 aromatic rings. The van der Waals surface area contributed by atoms with Crippen LogP contribution in [0.15, 0.2) is 22.7 Å². The second-order valence-electron chi connectivity index (χ2n) is 3.52. The fraction of sp³-hybridized carbons (Fsp3) is 0.333. The number of ether oxygens (including phenoxy) is 1. The lowest BCUT2D eigenvalue weighted by Gasteiger charge is -2.08. The van der Waals surface area contributed by atoms with E-state index >= 15 is 0 Å². The molecular weight excluding hydrogens is 307 g/mol. The third kappa shape index (κ3) is 4.48. The summed E-state index contributed by atoms with van der Waals surface area (Å²) in [6.45, 7) is 0. The molecule has 0 atom stereocenters. The third-order valence-corrected chi connectivity index (χ3v) is 3.06. The van der Waals surface area contributed by atoms with E-state index in [0.717, 1.165) is 15.6 Å². The molecule has 1 aromatic carbocycles. The number of esters is 1. The van der Waals surface area contributed by atoms with Gasteiger partial charge in [-0.2, -0.15) is 0 Å². The monoisotopic (exact) mass is 318 g/mol. The molecule has 0 fully saturated rings. The van der Waals surface area contributed by atoms with Crippen LogP contribution >= 0.6 is 27.5 Å². The van der Waals surface area contributed by atoms with Crippen molar-refractivity contribution in [2.45, 2.75) is 12.8 Å². The molecule has 0 aliphatic carbocycles. The average molecular weight is 320 g/mol. The highest BCUT2D eigenvalue weighted by Crippen LogP contribution is 2.18. The van der Waals surface area contributed by atoms with E-state index in [2.05, 4.69) is 20.7 Å². The SMILES string of the molecule is COC(=O)Cc1cc(Br)ccc1CC(=O)CCl. The zero-order valence-corrected chi connectivity index (χ0v) is 11.7. The maximum atomic E-state index is 11.3. The Morgan fingerprint density at radius 1 is 1.29 bits per heavy atom. The van der Waals surface area contributed by atoms with Crippen molar-refractivity contribution in [2.75, 3.05) is 13.0 Å². The van der Waals surface area contributed by atoms with Crippen molar-refractivity contribution >= 4 is 39.3 Å². The molecule has 3 nitrogen and oxygen atoms in total. The number of halogens is 2. The Labute approximate surface area is 113 Å². The first kappa shape index (κ1) is 14.2. The van der Waals surface area contributed by atoms with Gasteiger partial charge in [-0.05, 0) is 23.3 Å². The van der Waals surface area contributed by atoms with Gasteiger partial charge in [-0.1, -0.05) is 22.0 Å². The van der Waals surface area contributed by atoms with Gasteiger partial charge in [0, 0.05) is 10.9 Å². The number of carbonyl (C=O) groups excluding carboxylic acids is 2. The van der Waals surface area contributed by atoms with Gasteiger partial charge in [-0.3, -0.25) is 9.59 Å². The van der Waals surface area contributed by atoms with E-state index in [1.54, 1.807) is 0 Å². The normalized spacial score (nSPS) is 10.1. The minimum atomic E-state index is -0.331. The van der Waals surface area contributed by atoms with Crippen molar-refractivity contribution < 1.29 is 14.3 Å². The number of hydrogen-bond donors (Lipinski definition) is 0. The molecule has 0 saturated heterocycles. The summed E-state index contributed by atoms with van der Waals surface area (Å²) in [6, 6.07) is 5.46. The van der Waals surface area contributed by atoms with Crippen LogP contribution in [-0.2, 0) is 27.2 Å². The zero-order valence-electron chi connectivity index (χ0n) is 9.33. The van der Waals surface area contributed by atoms with Crippen LogP contribution in [0.1, 0.15) is 11.1 Å². The number of Topliss-reactive ketones (excluding diaryl/α,β-unsaturated/α-hetero) is 1. The Bertz CT molecular complexity index is 432. The summed E-state index contributed by atoms with van der Waals surface area (Å²) in [5, 5.41) is 0. The molecule has 17 heavy (non-hydrogen) atoms. The lowest BCUT2D eigenvalue weighted by Crippen LogP contribution is -2.10. The molecular formula is C12H12BrClO3. The van der Waals surface area contributed by atoms with Crippen molar-refractivity contribution in [3.63, 3.8) is 0 Å². The first-order valence-electron chi connectivity index (χ1n) is 4.98. The Morgan fingerprint density at radius 2 is 2.00 bits per heavy atom. The summed E-state index contributed by atoms with van der Waals surface area (Å²) >= 11 is 8.80. The summed E-state index contributed by atoms with van der Waals surface area (Å²) in [5.74, 6) is -0.420. The number of hydrogen-bond acceptors (Lipinski definition) is 3. The van der Waals surface area contributed by atoms with Gasteiger partial charge < -0.3 is 4.74 Å². The summed E-state index contributed by atoms with van der Waals surface area (Å²) in [6.07, 6.45) is 0.393. The van der Waals surface area contributed by atoms with Gasteiger partial charge >= 0.3 is 5.97 Å². The van der Waals surface area contributed by atoms with E-state index in [9.17, 15) is 9.59 Å². The molecule has 0 aliphatic rings. The van der Waals surface area contributed by atoms with Crippen LogP contribution in [0.5, 0.6) is 0 Å². The minimum Gasteiger partial charge on any atom is -0.469 e. The lowest BCUT2D eigenvalue weighted by molar-refractivity contribution is -0.139. The van der Waals surface area contributed by atoms with E-state index in [1.165, 1.54) is 7.11 Å². The number of methoxy groups -OCH3 is 1. The highest BCUT2D eigenvalue weighted by Gasteiger charge is 2.11. The summed E-state index contributed by atoms with van der Waals surface area (Å²) < 4.78 is 5.47. The number of benzene rings is 1. The van der Waals surface area contributed by atoms with E-state index in [1.807, 2.05) is 18.2 Å². The Morgan fingerprint density at radius 3 is 2.59 bits per heavy atom. The van der Waals surface area contributed by atoms with Crippen LogP contribution < -0.4 is 0 Å². The molecule has 0 bridgehead atoms. The van der Waals surface area contributed by atoms with E-state index in [-0.39, 0.29) is 30.5 Å². The number of rotatable bonds is 5. The molecule has 0 aromatic heterocycles. The molecule has 5 heteroatoms. The van der Waals surface area contributed by atoms with Crippen molar-refractivity contribution in [2.24, 2.45) is 0 Å². The molecule has 1 rings (SSSR count). The summed E-state index contributed by atoms with van der Waals surface area (Å²) in [5.41, 5.74) is 1.59. The number of ketones is 1. The van der Waals surface area contributed by atoms with E-state index in [0.29, 0.717) is 0 Å². The summed E-state index contributed by atoms with van der Waals surface area (Å²) in [4.78, 5) is 22.6. The zero-order chi connectivity index (χ0) is 12.8. The van der Waals surface area contributed by atoms with Crippen LogP contribution in [0, 0.1) is 0 Å². The quantitative estimate of drug-likeness (QED) is 0.619. The molecule has 0 saturated carbocycles. The Hall–Kier alpha value is -0.870. The van der Waals surface area contributed by atoms with Crippen LogP contribution in [0.25, 0.3) is 0 Å². The first-order valence-corrected chi connectivity index (χ1v) is 6.31. The van der Waals surface area contributed by atoms with Crippen molar-refractivity contribution in [3.8, 4) is 0 Å². The number of alkyl halides is 1. The fourth-order valence-corrected chi connectivity index (χ4v) is 1.92. The molecule has 0 unspecified atom stereocenters. The summed E-state index contributed by atoms with van der Waals surface area (Å²) in [7, 11) is 1.34. The van der Waals surface area contributed by atoms with Gasteiger partial charge in [0.05, 0.1) is 19.4 Å². The molecule has 0 aliphatic heterocycles. The van der Waals surface area contributed by atoms with Crippen LogP contribution in [0.4, 0.5) is 0 Å². The fourth-order valence-electron chi connectivity index (χ4n) is 1.42. The smallest absolute Gasteiger partial charge is 0.309 e. The standard InChI is InChI=1S/C12H12BrClO3/c1-17-12(16)6-9-4-10(13)3-2-8(9)5-11(15)7-14/h2-4H,5-7H2,1H3. The van der Waals surface area contributed by atoms with Crippen molar-refractivity contribution in [1.82, 2.24) is 0 Å². The highest BCUT2D eigenvalue weighted by molar-refractivity contribution is 9.10. The molecule has 92 valence electrons. The largest absolute Gasteiger partial charge is 0.469 e. The molecule has 0 spiro atoms. The first-order chi connectivity index (χ1) is 8.06. The van der Waals surface area contributed by atoms with Crippen molar-refractivity contribution in [3.05, 3.63) is 33.8 Å². The van der Waals surface area contributed by atoms with Crippen LogP contribution in [0.2, 0.25) is 0 Å². The van der Waals surface area contributed by atoms with Gasteiger partial charge in [-0.25, -0.2) is 0 Å². The highest BCUT2D eigenvalue weighted by atomic mass is 79.9. The van der Waals surface area contributed by atoms with Crippen LogP contribution in [0.3, 0.4) is 0 Å². The predicted octanol–water partition coefficient (Wildman–Crippen LogP) is 2.52. The molecule has 0 amide bonds. The van der Waals surface area contributed by atoms with E-state index < -0.39 is 0 Å².